The van der Waals surface area contributed by atoms with Gasteiger partial charge in [0.25, 0.3) is 0 Å². The van der Waals surface area contributed by atoms with Gasteiger partial charge in [-0.05, 0) is 13.8 Å². The number of halogens is 3. The van der Waals surface area contributed by atoms with Gasteiger partial charge >= 0.3 is 0 Å². The quantitative estimate of drug-likeness (QED) is 0.816. The molecule has 2 rings (SSSR count). The van der Waals surface area contributed by atoms with Crippen LogP contribution in [0, 0.1) is 13.8 Å². The van der Waals surface area contributed by atoms with Crippen molar-refractivity contribution in [2.45, 2.75) is 17.6 Å². The highest BCUT2D eigenvalue weighted by atomic mass is 35.6. The van der Waals surface area contributed by atoms with Crippen LogP contribution < -0.4 is 0 Å². The fourth-order valence-corrected chi connectivity index (χ4v) is 1.56. The zero-order valence-electron chi connectivity index (χ0n) is 8.38. The molecule has 0 saturated heterocycles. The molecule has 0 fully saturated rings. The summed E-state index contributed by atoms with van der Waals surface area (Å²) in [5.74, 6) is 1.18. The molecule has 0 aliphatic heterocycles. The minimum atomic E-state index is -1.62. The molecule has 2 aromatic heterocycles. The predicted octanol–water partition coefficient (Wildman–Crippen LogP) is 2.90. The fraction of sp³-hybridized carbons (Fsp3) is 0.375. The Kier molecular flexibility index (Phi) is 2.86. The second-order valence-electron chi connectivity index (χ2n) is 3.20. The molecular weight excluding hydrogens is 274 g/mol. The standard InChI is InChI=1S/C8H7Cl3N4O/c1-3-5(4(2)16-15-3)6-12-7(14-13-6)8(9,10)11/h1-2H3,(H,12,13,14). The van der Waals surface area contributed by atoms with E-state index < -0.39 is 3.79 Å². The summed E-state index contributed by atoms with van der Waals surface area (Å²) in [4.78, 5) is 4.08. The second-order valence-corrected chi connectivity index (χ2v) is 5.49. The van der Waals surface area contributed by atoms with Gasteiger partial charge < -0.3 is 4.52 Å². The first-order chi connectivity index (χ1) is 7.39. The maximum Gasteiger partial charge on any atom is 0.249 e. The molecule has 1 N–H and O–H groups in total. The molecule has 0 bridgehead atoms. The third-order valence-corrected chi connectivity index (χ3v) is 2.55. The molecule has 0 unspecified atom stereocenters. The predicted molar refractivity (Wildman–Crippen MR) is 60.6 cm³/mol. The normalized spacial score (nSPS) is 12.1. The summed E-state index contributed by atoms with van der Waals surface area (Å²) < 4.78 is 3.38. The Hall–Kier alpha value is -0.780. The van der Waals surface area contributed by atoms with Gasteiger partial charge in [-0.2, -0.15) is 5.10 Å². The van der Waals surface area contributed by atoms with E-state index >= 15 is 0 Å². The molecular formula is C8H7Cl3N4O. The van der Waals surface area contributed by atoms with E-state index in [9.17, 15) is 0 Å². The van der Waals surface area contributed by atoms with Crippen LogP contribution in [-0.4, -0.2) is 20.3 Å². The van der Waals surface area contributed by atoms with E-state index in [4.69, 9.17) is 39.3 Å². The van der Waals surface area contributed by atoms with Gasteiger partial charge in [0.1, 0.15) is 5.76 Å². The highest BCUT2D eigenvalue weighted by Gasteiger charge is 2.28. The highest BCUT2D eigenvalue weighted by molar-refractivity contribution is 6.66. The van der Waals surface area contributed by atoms with Crippen molar-refractivity contribution in [1.82, 2.24) is 20.3 Å². The molecule has 0 aliphatic carbocycles. The Morgan fingerprint density at radius 2 is 1.94 bits per heavy atom. The lowest BCUT2D eigenvalue weighted by molar-refractivity contribution is 0.393. The van der Waals surface area contributed by atoms with Crippen LogP contribution in [0.5, 0.6) is 0 Å². The van der Waals surface area contributed by atoms with Crippen LogP contribution >= 0.6 is 34.8 Å². The number of H-pyrrole nitrogens is 1. The third kappa shape index (κ3) is 2.03. The molecule has 2 heterocycles. The van der Waals surface area contributed by atoms with Crippen molar-refractivity contribution in [3.05, 3.63) is 17.3 Å². The topological polar surface area (TPSA) is 67.6 Å². The Morgan fingerprint density at radius 1 is 1.25 bits per heavy atom. The molecule has 0 radical (unpaired) electrons. The van der Waals surface area contributed by atoms with Crippen LogP contribution in [0.4, 0.5) is 0 Å². The number of hydrogen-bond acceptors (Lipinski definition) is 4. The lowest BCUT2D eigenvalue weighted by Gasteiger charge is -2.03. The molecule has 16 heavy (non-hydrogen) atoms. The number of nitrogens with zero attached hydrogens (tertiary/aromatic N) is 3. The Morgan fingerprint density at radius 3 is 2.38 bits per heavy atom. The monoisotopic (exact) mass is 280 g/mol. The van der Waals surface area contributed by atoms with Gasteiger partial charge in [0, 0.05) is 0 Å². The van der Waals surface area contributed by atoms with Crippen LogP contribution in [-0.2, 0) is 3.79 Å². The second kappa shape index (κ2) is 3.91. The van der Waals surface area contributed by atoms with Crippen LogP contribution in [0.25, 0.3) is 11.4 Å². The number of aromatic nitrogens is 4. The van der Waals surface area contributed by atoms with Crippen LogP contribution in [0.3, 0.4) is 0 Å². The molecule has 2 aromatic rings. The number of aromatic amines is 1. The smallest absolute Gasteiger partial charge is 0.249 e. The van der Waals surface area contributed by atoms with E-state index in [-0.39, 0.29) is 5.82 Å². The summed E-state index contributed by atoms with van der Waals surface area (Å²) in [6.45, 7) is 3.55. The van der Waals surface area contributed by atoms with Crippen LogP contribution in [0.2, 0.25) is 0 Å². The molecule has 0 aliphatic rings. The van der Waals surface area contributed by atoms with Gasteiger partial charge in [0.05, 0.1) is 11.3 Å². The third-order valence-electron chi connectivity index (χ3n) is 2.01. The molecule has 0 amide bonds. The molecule has 8 heteroatoms. The Labute approximate surface area is 106 Å². The van der Waals surface area contributed by atoms with Crippen molar-refractivity contribution in [2.24, 2.45) is 0 Å². The van der Waals surface area contributed by atoms with Crippen molar-refractivity contribution >= 4 is 34.8 Å². The lowest BCUT2D eigenvalue weighted by atomic mass is 10.2. The lowest BCUT2D eigenvalue weighted by Crippen LogP contribution is -2.02. The molecule has 0 saturated carbocycles. The van der Waals surface area contributed by atoms with Crippen molar-refractivity contribution in [2.75, 3.05) is 0 Å². The summed E-state index contributed by atoms with van der Waals surface area (Å²) in [6, 6.07) is 0. The van der Waals surface area contributed by atoms with Crippen molar-refractivity contribution in [3.8, 4) is 11.4 Å². The van der Waals surface area contributed by atoms with E-state index in [0.29, 0.717) is 22.8 Å². The summed E-state index contributed by atoms with van der Waals surface area (Å²) in [7, 11) is 0. The van der Waals surface area contributed by atoms with Gasteiger partial charge in [-0.15, -0.1) is 0 Å². The minimum absolute atomic E-state index is 0.160. The average molecular weight is 282 g/mol. The summed E-state index contributed by atoms with van der Waals surface area (Å²) in [6.07, 6.45) is 0. The van der Waals surface area contributed by atoms with E-state index in [2.05, 4.69) is 20.3 Å². The molecule has 0 aromatic carbocycles. The Bertz CT molecular complexity index is 494. The zero-order valence-corrected chi connectivity index (χ0v) is 10.7. The van der Waals surface area contributed by atoms with E-state index in [1.165, 1.54) is 0 Å². The molecule has 86 valence electrons. The largest absolute Gasteiger partial charge is 0.361 e. The maximum absolute atomic E-state index is 5.67. The fourth-order valence-electron chi connectivity index (χ4n) is 1.30. The number of aryl methyl sites for hydroxylation is 2. The van der Waals surface area contributed by atoms with Crippen LogP contribution in [0.15, 0.2) is 4.52 Å². The average Bonchev–Trinajstić information content (AvgIpc) is 2.72. The van der Waals surface area contributed by atoms with Crippen LogP contribution in [0.1, 0.15) is 17.3 Å². The first-order valence-corrected chi connectivity index (χ1v) is 5.46. The molecule has 0 spiro atoms. The summed E-state index contributed by atoms with van der Waals surface area (Å²) >= 11 is 17.0. The number of alkyl halides is 3. The van der Waals surface area contributed by atoms with E-state index in [1.807, 2.05) is 0 Å². The molecule has 0 atom stereocenters. The number of hydrogen-bond donors (Lipinski definition) is 1. The SMILES string of the molecule is Cc1noc(C)c1-c1n[nH]c(C(Cl)(Cl)Cl)n1. The maximum atomic E-state index is 5.67. The first-order valence-electron chi connectivity index (χ1n) is 4.32. The number of nitrogens with one attached hydrogen (secondary N) is 1. The van der Waals surface area contributed by atoms with Crippen molar-refractivity contribution in [3.63, 3.8) is 0 Å². The highest BCUT2D eigenvalue weighted by Crippen LogP contribution is 2.36. The van der Waals surface area contributed by atoms with E-state index in [1.54, 1.807) is 13.8 Å². The van der Waals surface area contributed by atoms with Crippen molar-refractivity contribution in [1.29, 1.82) is 0 Å². The number of rotatable bonds is 1. The summed E-state index contributed by atoms with van der Waals surface area (Å²) in [5.41, 5.74) is 1.39. The van der Waals surface area contributed by atoms with Crippen molar-refractivity contribution < 1.29 is 4.52 Å². The zero-order chi connectivity index (χ0) is 11.9. The Balaban J connectivity index is 2.47. The molecule has 5 nitrogen and oxygen atoms in total. The van der Waals surface area contributed by atoms with Gasteiger partial charge in [-0.25, -0.2) is 4.98 Å². The van der Waals surface area contributed by atoms with E-state index in [0.717, 1.165) is 0 Å². The van der Waals surface area contributed by atoms with Gasteiger partial charge in [-0.3, -0.25) is 5.10 Å². The van der Waals surface area contributed by atoms with Gasteiger partial charge in [-0.1, -0.05) is 40.0 Å². The van der Waals surface area contributed by atoms with Gasteiger partial charge in [0.15, 0.2) is 11.6 Å². The first kappa shape index (κ1) is 11.7. The minimum Gasteiger partial charge on any atom is -0.361 e. The summed E-state index contributed by atoms with van der Waals surface area (Å²) in [5, 5.41) is 10.3. The van der Waals surface area contributed by atoms with Gasteiger partial charge in [0.2, 0.25) is 3.79 Å².